The van der Waals surface area contributed by atoms with E-state index < -0.39 is 5.54 Å². The van der Waals surface area contributed by atoms with Crippen LogP contribution in [0.15, 0.2) is 12.3 Å². The van der Waals surface area contributed by atoms with Gasteiger partial charge in [0.1, 0.15) is 5.54 Å². The molecule has 1 aromatic rings. The summed E-state index contributed by atoms with van der Waals surface area (Å²) in [7, 11) is 0. The second-order valence-corrected chi connectivity index (χ2v) is 4.98. The summed E-state index contributed by atoms with van der Waals surface area (Å²) in [6.07, 6.45) is 1.73. The van der Waals surface area contributed by atoms with Gasteiger partial charge in [-0.25, -0.2) is 4.79 Å². The summed E-state index contributed by atoms with van der Waals surface area (Å²) in [5.41, 5.74) is 0.261. The minimum absolute atomic E-state index is 0.190. The Morgan fingerprint density at radius 2 is 2.28 bits per heavy atom. The highest BCUT2D eigenvalue weighted by Gasteiger charge is 2.36. The second-order valence-electron chi connectivity index (χ2n) is 4.98. The number of ether oxygens (including phenoxy) is 1. The van der Waals surface area contributed by atoms with Gasteiger partial charge in [0.05, 0.1) is 13.2 Å². The summed E-state index contributed by atoms with van der Waals surface area (Å²) >= 11 is 0. The van der Waals surface area contributed by atoms with Crippen LogP contribution in [-0.4, -0.2) is 33.9 Å². The Hall–Kier alpha value is -1.36. The van der Waals surface area contributed by atoms with Crippen molar-refractivity contribution in [2.24, 2.45) is 0 Å². The van der Waals surface area contributed by atoms with Crippen LogP contribution < -0.4 is 5.32 Å². The molecule has 0 saturated carbocycles. The monoisotopic (exact) mass is 253 g/mol. The minimum Gasteiger partial charge on any atom is -0.465 e. The topological polar surface area (TPSA) is 56.2 Å². The molecule has 1 rings (SSSR count). The van der Waals surface area contributed by atoms with Crippen molar-refractivity contribution in [2.75, 3.05) is 6.61 Å². The summed E-state index contributed by atoms with van der Waals surface area (Å²) in [5, 5.41) is 7.49. The summed E-state index contributed by atoms with van der Waals surface area (Å²) < 4.78 is 6.97. The number of aryl methyl sites for hydroxylation is 1. The Balaban J connectivity index is 2.90. The largest absolute Gasteiger partial charge is 0.465 e. The first-order chi connectivity index (χ1) is 8.39. The molecular weight excluding hydrogens is 230 g/mol. The Morgan fingerprint density at radius 1 is 1.61 bits per heavy atom. The summed E-state index contributed by atoms with van der Waals surface area (Å²) in [5.74, 6) is -0.242. The van der Waals surface area contributed by atoms with E-state index in [-0.39, 0.29) is 12.0 Å². The van der Waals surface area contributed by atoms with Crippen molar-refractivity contribution in [3.05, 3.63) is 18.0 Å². The molecule has 18 heavy (non-hydrogen) atoms. The normalized spacial score (nSPS) is 14.6. The fourth-order valence-electron chi connectivity index (χ4n) is 1.96. The summed E-state index contributed by atoms with van der Waals surface area (Å²) in [6, 6.07) is 2.11. The lowest BCUT2D eigenvalue weighted by atomic mass is 10.0. The second kappa shape index (κ2) is 6.00. The van der Waals surface area contributed by atoms with Crippen LogP contribution in [0.3, 0.4) is 0 Å². The fourth-order valence-corrected chi connectivity index (χ4v) is 1.96. The molecule has 5 nitrogen and oxygen atoms in total. The van der Waals surface area contributed by atoms with Crippen molar-refractivity contribution in [3.8, 4) is 0 Å². The van der Waals surface area contributed by atoms with Crippen LogP contribution >= 0.6 is 0 Å². The van der Waals surface area contributed by atoms with Crippen molar-refractivity contribution < 1.29 is 9.53 Å². The van der Waals surface area contributed by atoms with E-state index in [9.17, 15) is 4.79 Å². The van der Waals surface area contributed by atoms with Crippen LogP contribution in [0.4, 0.5) is 0 Å². The predicted molar refractivity (Wildman–Crippen MR) is 70.3 cm³/mol. The Bertz CT molecular complexity index is 401. The maximum absolute atomic E-state index is 12.1. The molecule has 0 aliphatic carbocycles. The lowest BCUT2D eigenvalue weighted by Gasteiger charge is -2.30. The third kappa shape index (κ3) is 3.57. The molecule has 0 amide bonds. The van der Waals surface area contributed by atoms with Crippen molar-refractivity contribution in [2.45, 2.75) is 52.7 Å². The first-order valence-electron chi connectivity index (χ1n) is 6.32. The smallest absolute Gasteiger partial charge is 0.327 e. The Labute approximate surface area is 109 Å². The molecule has 0 bridgehead atoms. The van der Waals surface area contributed by atoms with Crippen LogP contribution in [-0.2, 0) is 16.1 Å². The lowest BCUT2D eigenvalue weighted by molar-refractivity contribution is -0.151. The molecule has 0 fully saturated rings. The number of aromatic nitrogens is 2. The van der Waals surface area contributed by atoms with E-state index in [1.807, 2.05) is 45.4 Å². The minimum atomic E-state index is -0.763. The third-order valence-corrected chi connectivity index (χ3v) is 2.73. The van der Waals surface area contributed by atoms with Gasteiger partial charge >= 0.3 is 5.97 Å². The molecule has 0 spiro atoms. The maximum Gasteiger partial charge on any atom is 0.327 e. The van der Waals surface area contributed by atoms with Gasteiger partial charge < -0.3 is 4.74 Å². The quantitative estimate of drug-likeness (QED) is 0.781. The SMILES string of the molecule is CCOC(=O)C(C)(Cn1nccc1C)NC(C)C. The van der Waals surface area contributed by atoms with E-state index in [0.717, 1.165) is 5.69 Å². The molecule has 1 unspecified atom stereocenters. The van der Waals surface area contributed by atoms with Gasteiger partial charge in [0.15, 0.2) is 0 Å². The van der Waals surface area contributed by atoms with Gasteiger partial charge in [-0.15, -0.1) is 0 Å². The first kappa shape index (κ1) is 14.7. The zero-order chi connectivity index (χ0) is 13.8. The van der Waals surface area contributed by atoms with Gasteiger partial charge in [-0.3, -0.25) is 10.00 Å². The van der Waals surface area contributed by atoms with Crippen molar-refractivity contribution in [3.63, 3.8) is 0 Å². The van der Waals surface area contributed by atoms with Crippen LogP contribution in [0, 0.1) is 6.92 Å². The number of nitrogens with zero attached hydrogens (tertiary/aromatic N) is 2. The standard InChI is InChI=1S/C13H23N3O2/c1-6-18-12(17)13(5,15-10(2)3)9-16-11(4)7-8-14-16/h7-8,10,15H,6,9H2,1-5H3. The molecule has 5 heteroatoms. The molecule has 1 aromatic heterocycles. The van der Waals surface area contributed by atoms with Crippen molar-refractivity contribution in [1.82, 2.24) is 15.1 Å². The van der Waals surface area contributed by atoms with Crippen LogP contribution in [0.5, 0.6) is 0 Å². The molecule has 0 saturated heterocycles. The number of rotatable bonds is 6. The van der Waals surface area contributed by atoms with E-state index in [1.165, 1.54) is 0 Å². The number of hydrogen-bond acceptors (Lipinski definition) is 4. The van der Waals surface area contributed by atoms with E-state index >= 15 is 0 Å². The molecule has 0 aliphatic rings. The van der Waals surface area contributed by atoms with Gasteiger partial charge in [0.25, 0.3) is 0 Å². The van der Waals surface area contributed by atoms with E-state index in [2.05, 4.69) is 10.4 Å². The molecular formula is C13H23N3O2. The third-order valence-electron chi connectivity index (χ3n) is 2.73. The summed E-state index contributed by atoms with van der Waals surface area (Å²) in [4.78, 5) is 12.1. The van der Waals surface area contributed by atoms with Gasteiger partial charge in [0, 0.05) is 17.9 Å². The zero-order valence-electron chi connectivity index (χ0n) is 11.9. The average molecular weight is 253 g/mol. The number of esters is 1. The van der Waals surface area contributed by atoms with Gasteiger partial charge in [-0.1, -0.05) is 0 Å². The molecule has 1 N–H and O–H groups in total. The molecule has 1 heterocycles. The average Bonchev–Trinajstić information content (AvgIpc) is 2.63. The van der Waals surface area contributed by atoms with Crippen molar-refractivity contribution >= 4 is 5.97 Å². The molecule has 0 aliphatic heterocycles. The molecule has 0 radical (unpaired) electrons. The van der Waals surface area contributed by atoms with Crippen LogP contribution in [0.25, 0.3) is 0 Å². The zero-order valence-corrected chi connectivity index (χ0v) is 11.9. The highest BCUT2D eigenvalue weighted by molar-refractivity contribution is 5.80. The first-order valence-corrected chi connectivity index (χ1v) is 6.32. The van der Waals surface area contributed by atoms with Gasteiger partial charge in [-0.05, 0) is 40.7 Å². The predicted octanol–water partition coefficient (Wildman–Crippen LogP) is 1.51. The molecule has 0 aromatic carbocycles. The number of carbonyl (C=O) groups excluding carboxylic acids is 1. The Kier molecular flexibility index (Phi) is 4.90. The molecule has 1 atom stereocenters. The number of hydrogen-bond donors (Lipinski definition) is 1. The number of carbonyl (C=O) groups is 1. The van der Waals surface area contributed by atoms with E-state index in [0.29, 0.717) is 13.2 Å². The summed E-state index contributed by atoms with van der Waals surface area (Å²) in [6.45, 7) is 10.5. The van der Waals surface area contributed by atoms with Gasteiger partial charge in [0.2, 0.25) is 0 Å². The highest BCUT2D eigenvalue weighted by atomic mass is 16.5. The van der Waals surface area contributed by atoms with Crippen LogP contribution in [0.2, 0.25) is 0 Å². The maximum atomic E-state index is 12.1. The fraction of sp³-hybridized carbons (Fsp3) is 0.692. The van der Waals surface area contributed by atoms with E-state index in [4.69, 9.17) is 4.74 Å². The Morgan fingerprint density at radius 3 is 2.72 bits per heavy atom. The van der Waals surface area contributed by atoms with Crippen LogP contribution in [0.1, 0.15) is 33.4 Å². The highest BCUT2D eigenvalue weighted by Crippen LogP contribution is 2.13. The van der Waals surface area contributed by atoms with Crippen molar-refractivity contribution in [1.29, 1.82) is 0 Å². The van der Waals surface area contributed by atoms with Gasteiger partial charge in [-0.2, -0.15) is 5.10 Å². The number of nitrogens with one attached hydrogen (secondary N) is 1. The van der Waals surface area contributed by atoms with E-state index in [1.54, 1.807) is 6.20 Å². The molecule has 102 valence electrons. The lowest BCUT2D eigenvalue weighted by Crippen LogP contribution is -2.56.